The zero-order valence-corrected chi connectivity index (χ0v) is 10.9. The van der Waals surface area contributed by atoms with E-state index >= 15 is 0 Å². The van der Waals surface area contributed by atoms with Crippen molar-refractivity contribution in [1.29, 1.82) is 0 Å². The molecule has 0 aromatic carbocycles. The highest BCUT2D eigenvalue weighted by molar-refractivity contribution is 5.68. The topological polar surface area (TPSA) is 50.4 Å². The van der Waals surface area contributed by atoms with Crippen molar-refractivity contribution in [3.63, 3.8) is 0 Å². The van der Waals surface area contributed by atoms with Crippen LogP contribution in [0, 0.1) is 5.92 Å². The molecule has 2 atom stereocenters. The smallest absolute Gasteiger partial charge is 0.408 e. The minimum absolute atomic E-state index is 0.151. The number of amides is 1. The first-order valence-electron chi connectivity index (χ1n) is 6.33. The Morgan fingerprint density at radius 3 is 3.00 bits per heavy atom. The molecule has 1 aliphatic carbocycles. The second kappa shape index (κ2) is 4.69. The molecule has 96 valence electrons. The van der Waals surface area contributed by atoms with Crippen LogP contribution in [0.4, 0.5) is 4.79 Å². The lowest BCUT2D eigenvalue weighted by molar-refractivity contribution is 0.0506. The third-order valence-corrected chi connectivity index (χ3v) is 3.18. The van der Waals surface area contributed by atoms with Crippen LogP contribution in [0.5, 0.6) is 0 Å². The Labute approximate surface area is 103 Å². The Morgan fingerprint density at radius 1 is 1.53 bits per heavy atom. The summed E-state index contributed by atoms with van der Waals surface area (Å²) in [7, 11) is 0. The summed E-state index contributed by atoms with van der Waals surface area (Å²) in [6.07, 6.45) is 4.11. The number of allylic oxidation sites excluding steroid dienone is 1. The highest BCUT2D eigenvalue weighted by atomic mass is 16.6. The molecule has 0 radical (unpaired) electrons. The van der Waals surface area contributed by atoms with Crippen molar-refractivity contribution in [2.24, 2.45) is 5.92 Å². The molecule has 2 bridgehead atoms. The molecular weight excluding hydrogens is 216 g/mol. The minimum atomic E-state index is -0.430. The SMILES string of the molecule is CC(C)(C)OC(=O)N[C@H]1CC2CC=C1CNC2. The number of nitrogens with one attached hydrogen (secondary N) is 2. The van der Waals surface area contributed by atoms with Crippen molar-refractivity contribution in [3.8, 4) is 0 Å². The molecule has 1 saturated heterocycles. The van der Waals surface area contributed by atoms with E-state index in [-0.39, 0.29) is 12.1 Å². The van der Waals surface area contributed by atoms with Gasteiger partial charge in [0.1, 0.15) is 5.60 Å². The predicted molar refractivity (Wildman–Crippen MR) is 66.8 cm³/mol. The van der Waals surface area contributed by atoms with Crippen molar-refractivity contribution in [3.05, 3.63) is 11.6 Å². The second-order valence-corrected chi connectivity index (χ2v) is 5.95. The van der Waals surface area contributed by atoms with Crippen LogP contribution in [0.1, 0.15) is 33.6 Å². The Kier molecular flexibility index (Phi) is 3.43. The summed E-state index contributed by atoms with van der Waals surface area (Å²) < 4.78 is 5.29. The molecule has 0 saturated carbocycles. The zero-order chi connectivity index (χ0) is 12.5. The van der Waals surface area contributed by atoms with E-state index in [0.29, 0.717) is 5.92 Å². The van der Waals surface area contributed by atoms with E-state index in [9.17, 15) is 4.79 Å². The molecule has 4 heteroatoms. The lowest BCUT2D eigenvalue weighted by Crippen LogP contribution is -2.42. The molecule has 17 heavy (non-hydrogen) atoms. The molecular formula is C13H22N2O2. The summed E-state index contributed by atoms with van der Waals surface area (Å²) in [6, 6.07) is 0.151. The van der Waals surface area contributed by atoms with Gasteiger partial charge in [-0.25, -0.2) is 4.79 Å². The van der Waals surface area contributed by atoms with E-state index in [0.717, 1.165) is 25.9 Å². The van der Waals surface area contributed by atoms with Crippen molar-refractivity contribution < 1.29 is 9.53 Å². The van der Waals surface area contributed by atoms with Gasteiger partial charge in [-0.05, 0) is 51.6 Å². The summed E-state index contributed by atoms with van der Waals surface area (Å²) in [5, 5.41) is 6.38. The van der Waals surface area contributed by atoms with Gasteiger partial charge < -0.3 is 15.4 Å². The van der Waals surface area contributed by atoms with Gasteiger partial charge in [-0.3, -0.25) is 0 Å². The van der Waals surface area contributed by atoms with E-state index in [1.165, 1.54) is 5.57 Å². The van der Waals surface area contributed by atoms with Crippen molar-refractivity contribution in [2.75, 3.05) is 13.1 Å². The summed E-state index contributed by atoms with van der Waals surface area (Å²) in [4.78, 5) is 11.7. The van der Waals surface area contributed by atoms with Gasteiger partial charge in [-0.2, -0.15) is 0 Å². The number of hydrogen-bond acceptors (Lipinski definition) is 3. The van der Waals surface area contributed by atoms with E-state index < -0.39 is 5.60 Å². The average Bonchev–Trinajstić information content (AvgIpc) is 2.48. The maximum atomic E-state index is 11.7. The Hall–Kier alpha value is -1.03. The first kappa shape index (κ1) is 12.4. The molecule has 4 nitrogen and oxygen atoms in total. The summed E-state index contributed by atoms with van der Waals surface area (Å²) >= 11 is 0. The average molecular weight is 238 g/mol. The number of fused-ring (bicyclic) bond motifs is 4. The van der Waals surface area contributed by atoms with Gasteiger partial charge in [0.05, 0.1) is 6.04 Å². The van der Waals surface area contributed by atoms with Crippen LogP contribution >= 0.6 is 0 Å². The predicted octanol–water partition coefficient (Wildman–Crippen LogP) is 1.82. The first-order chi connectivity index (χ1) is 7.94. The molecule has 2 aliphatic heterocycles. The fraction of sp³-hybridized carbons (Fsp3) is 0.769. The number of ether oxygens (including phenoxy) is 1. The molecule has 3 aliphatic rings. The van der Waals surface area contributed by atoms with Crippen molar-refractivity contribution in [1.82, 2.24) is 10.6 Å². The minimum Gasteiger partial charge on any atom is -0.444 e. The van der Waals surface area contributed by atoms with Crippen LogP contribution in [0.25, 0.3) is 0 Å². The molecule has 2 heterocycles. The highest BCUT2D eigenvalue weighted by Crippen LogP contribution is 2.26. The van der Waals surface area contributed by atoms with Gasteiger partial charge in [0.2, 0.25) is 0 Å². The van der Waals surface area contributed by atoms with Crippen LogP contribution in [0.3, 0.4) is 0 Å². The van der Waals surface area contributed by atoms with Crippen molar-refractivity contribution >= 4 is 6.09 Å². The lowest BCUT2D eigenvalue weighted by atomic mass is 9.88. The van der Waals surface area contributed by atoms with Gasteiger partial charge in [0, 0.05) is 6.54 Å². The van der Waals surface area contributed by atoms with Crippen LogP contribution in [0.15, 0.2) is 11.6 Å². The number of carbonyl (C=O) groups is 1. The second-order valence-electron chi connectivity index (χ2n) is 5.95. The Bertz CT molecular complexity index is 331. The Balaban J connectivity index is 1.93. The quantitative estimate of drug-likeness (QED) is 0.685. The van der Waals surface area contributed by atoms with Crippen LogP contribution in [-0.4, -0.2) is 30.8 Å². The standard InChI is InChI=1S/C13H22N2O2/c1-13(2,3)17-12(16)15-11-6-9-4-5-10(11)8-14-7-9/h5,9,11,14H,4,6-8H2,1-3H3,(H,15,16)/t9?,11-/m0/s1. The van der Waals surface area contributed by atoms with E-state index in [2.05, 4.69) is 16.7 Å². The number of alkyl carbamates (subject to hydrolysis) is 1. The van der Waals surface area contributed by atoms with E-state index in [1.54, 1.807) is 0 Å². The largest absolute Gasteiger partial charge is 0.444 e. The monoisotopic (exact) mass is 238 g/mol. The fourth-order valence-corrected chi connectivity index (χ4v) is 2.43. The molecule has 1 unspecified atom stereocenters. The van der Waals surface area contributed by atoms with Crippen LogP contribution < -0.4 is 10.6 Å². The molecule has 3 rings (SSSR count). The van der Waals surface area contributed by atoms with Crippen LogP contribution in [-0.2, 0) is 4.74 Å². The Morgan fingerprint density at radius 2 is 2.29 bits per heavy atom. The molecule has 2 N–H and O–H groups in total. The fourth-order valence-electron chi connectivity index (χ4n) is 2.43. The summed E-state index contributed by atoms with van der Waals surface area (Å²) in [5.74, 6) is 0.640. The lowest BCUT2D eigenvalue weighted by Gasteiger charge is -2.28. The van der Waals surface area contributed by atoms with Crippen molar-refractivity contribution in [2.45, 2.75) is 45.3 Å². The van der Waals surface area contributed by atoms with Gasteiger partial charge in [0.15, 0.2) is 0 Å². The van der Waals surface area contributed by atoms with Gasteiger partial charge in [0.25, 0.3) is 0 Å². The van der Waals surface area contributed by atoms with Gasteiger partial charge in [-0.1, -0.05) is 6.08 Å². The van der Waals surface area contributed by atoms with E-state index in [4.69, 9.17) is 4.74 Å². The normalized spacial score (nSPS) is 28.3. The number of rotatable bonds is 1. The van der Waals surface area contributed by atoms with Crippen LogP contribution in [0.2, 0.25) is 0 Å². The maximum absolute atomic E-state index is 11.7. The maximum Gasteiger partial charge on any atom is 0.408 e. The molecule has 1 amide bonds. The molecule has 0 spiro atoms. The number of hydrogen-bond donors (Lipinski definition) is 2. The summed E-state index contributed by atoms with van der Waals surface area (Å²) in [5.41, 5.74) is 0.866. The number of carbonyl (C=O) groups excluding carboxylic acids is 1. The van der Waals surface area contributed by atoms with Gasteiger partial charge in [-0.15, -0.1) is 0 Å². The molecule has 1 fully saturated rings. The third kappa shape index (κ3) is 3.46. The molecule has 0 aromatic rings. The third-order valence-electron chi connectivity index (χ3n) is 3.18. The summed E-state index contributed by atoms with van der Waals surface area (Å²) in [6.45, 7) is 7.58. The zero-order valence-electron chi connectivity index (χ0n) is 10.9. The van der Waals surface area contributed by atoms with E-state index in [1.807, 2.05) is 20.8 Å². The molecule has 0 aromatic heterocycles. The highest BCUT2D eigenvalue weighted by Gasteiger charge is 2.29. The van der Waals surface area contributed by atoms with Gasteiger partial charge >= 0.3 is 6.09 Å². The first-order valence-corrected chi connectivity index (χ1v) is 6.33.